The average molecular weight is 281 g/mol. The maximum absolute atomic E-state index is 9.57. The lowest BCUT2D eigenvalue weighted by Gasteiger charge is -2.27. The summed E-state index contributed by atoms with van der Waals surface area (Å²) in [5.41, 5.74) is -0.393. The van der Waals surface area contributed by atoms with E-state index in [1.54, 1.807) is 7.11 Å². The summed E-state index contributed by atoms with van der Waals surface area (Å²) in [7, 11) is 1.74. The normalized spacial score (nSPS) is 30.3. The first kappa shape index (κ1) is 14.0. The third-order valence-electron chi connectivity index (χ3n) is 4.56. The van der Waals surface area contributed by atoms with Gasteiger partial charge in [0.15, 0.2) is 0 Å². The monoisotopic (exact) mass is 281 g/mol. The number of hydrogen-bond acceptors (Lipinski definition) is 6. The summed E-state index contributed by atoms with van der Waals surface area (Å²) >= 11 is 0. The summed E-state index contributed by atoms with van der Waals surface area (Å²) in [4.78, 5) is 4.56. The molecule has 1 aliphatic carbocycles. The van der Waals surface area contributed by atoms with Crippen LogP contribution in [0.5, 0.6) is 0 Å². The van der Waals surface area contributed by atoms with Gasteiger partial charge in [0.1, 0.15) is 5.60 Å². The molecule has 1 saturated heterocycles. The standard InChI is InChI=1S/C14H23N3O3/c1-19-14(6-4-2-3-5-7-14)13-16-12(20-17-13)11-8-10(18)9-15-11/h10-11,15,18H,2-9H2,1H3/t10?,11-/m0/s1. The molecule has 20 heavy (non-hydrogen) atoms. The van der Waals surface area contributed by atoms with E-state index in [-0.39, 0.29) is 12.1 Å². The maximum Gasteiger partial charge on any atom is 0.243 e. The van der Waals surface area contributed by atoms with Crippen molar-refractivity contribution in [3.63, 3.8) is 0 Å². The van der Waals surface area contributed by atoms with Crippen molar-refractivity contribution in [3.05, 3.63) is 11.7 Å². The molecule has 0 aromatic carbocycles. The van der Waals surface area contributed by atoms with Crippen LogP contribution in [0.4, 0.5) is 0 Å². The molecule has 2 heterocycles. The summed E-state index contributed by atoms with van der Waals surface area (Å²) in [6.45, 7) is 0.581. The molecule has 112 valence electrons. The zero-order valence-corrected chi connectivity index (χ0v) is 12.0. The highest BCUT2D eigenvalue weighted by atomic mass is 16.5. The van der Waals surface area contributed by atoms with Crippen LogP contribution in [0.15, 0.2) is 4.52 Å². The van der Waals surface area contributed by atoms with Gasteiger partial charge >= 0.3 is 0 Å². The highest BCUT2D eigenvalue weighted by Gasteiger charge is 2.39. The lowest BCUT2D eigenvalue weighted by molar-refractivity contribution is -0.0365. The van der Waals surface area contributed by atoms with Gasteiger partial charge in [0.2, 0.25) is 11.7 Å². The van der Waals surface area contributed by atoms with Gasteiger partial charge in [0, 0.05) is 13.7 Å². The van der Waals surface area contributed by atoms with Crippen molar-refractivity contribution >= 4 is 0 Å². The Balaban J connectivity index is 1.80. The highest BCUT2D eigenvalue weighted by molar-refractivity contribution is 5.05. The van der Waals surface area contributed by atoms with Crippen LogP contribution in [0.3, 0.4) is 0 Å². The van der Waals surface area contributed by atoms with E-state index in [1.807, 2.05) is 0 Å². The van der Waals surface area contributed by atoms with Gasteiger partial charge in [-0.1, -0.05) is 30.8 Å². The number of nitrogens with one attached hydrogen (secondary N) is 1. The van der Waals surface area contributed by atoms with Gasteiger partial charge in [0.25, 0.3) is 0 Å². The first-order valence-corrected chi connectivity index (χ1v) is 7.54. The number of methoxy groups -OCH3 is 1. The van der Waals surface area contributed by atoms with Gasteiger partial charge in [-0.2, -0.15) is 4.98 Å². The summed E-state index contributed by atoms with van der Waals surface area (Å²) in [6.07, 6.45) is 6.95. The van der Waals surface area contributed by atoms with Gasteiger partial charge in [-0.3, -0.25) is 0 Å². The van der Waals surface area contributed by atoms with E-state index >= 15 is 0 Å². The molecule has 0 bridgehead atoms. The molecule has 3 rings (SSSR count). The Morgan fingerprint density at radius 1 is 1.30 bits per heavy atom. The Morgan fingerprint density at radius 3 is 2.65 bits per heavy atom. The van der Waals surface area contributed by atoms with Gasteiger partial charge in [-0.15, -0.1) is 0 Å². The van der Waals surface area contributed by atoms with Crippen LogP contribution >= 0.6 is 0 Å². The molecule has 0 radical (unpaired) electrons. The maximum atomic E-state index is 9.57. The molecule has 0 spiro atoms. The van der Waals surface area contributed by atoms with Crippen LogP contribution in [-0.4, -0.2) is 35.0 Å². The molecular weight excluding hydrogens is 258 g/mol. The lowest BCUT2D eigenvalue weighted by Crippen LogP contribution is -2.29. The fourth-order valence-electron chi connectivity index (χ4n) is 3.29. The largest absolute Gasteiger partial charge is 0.392 e. The number of aliphatic hydroxyl groups excluding tert-OH is 1. The molecule has 6 heteroatoms. The van der Waals surface area contributed by atoms with Crippen molar-refractivity contribution in [2.45, 2.75) is 62.7 Å². The number of ether oxygens (including phenoxy) is 1. The van der Waals surface area contributed by atoms with Crippen LogP contribution in [-0.2, 0) is 10.3 Å². The first-order chi connectivity index (χ1) is 9.73. The summed E-state index contributed by atoms with van der Waals surface area (Å²) < 4.78 is 11.2. The molecule has 2 atom stereocenters. The van der Waals surface area contributed by atoms with E-state index in [0.29, 0.717) is 24.7 Å². The van der Waals surface area contributed by atoms with Crippen LogP contribution in [0.2, 0.25) is 0 Å². The Labute approximate surface area is 118 Å². The van der Waals surface area contributed by atoms with Crippen molar-refractivity contribution in [1.82, 2.24) is 15.5 Å². The number of rotatable bonds is 3. The second-order valence-corrected chi connectivity index (χ2v) is 5.92. The molecule has 6 nitrogen and oxygen atoms in total. The summed E-state index contributed by atoms with van der Waals surface area (Å²) in [5, 5.41) is 16.9. The fraction of sp³-hybridized carbons (Fsp3) is 0.857. The van der Waals surface area contributed by atoms with Crippen LogP contribution in [0, 0.1) is 0 Å². The fourth-order valence-corrected chi connectivity index (χ4v) is 3.29. The molecule has 0 amide bonds. The Morgan fingerprint density at radius 2 is 2.05 bits per heavy atom. The lowest BCUT2D eigenvalue weighted by atomic mass is 9.93. The minimum absolute atomic E-state index is 0.0362. The van der Waals surface area contributed by atoms with E-state index in [1.165, 1.54) is 12.8 Å². The number of nitrogens with zero attached hydrogens (tertiary/aromatic N) is 2. The molecule has 1 aromatic heterocycles. The summed E-state index contributed by atoms with van der Waals surface area (Å²) in [6, 6.07) is -0.0362. The third kappa shape index (κ3) is 2.60. The van der Waals surface area contributed by atoms with E-state index in [9.17, 15) is 5.11 Å². The van der Waals surface area contributed by atoms with Crippen molar-refractivity contribution in [2.75, 3.05) is 13.7 Å². The molecule has 1 aromatic rings. The van der Waals surface area contributed by atoms with Crippen molar-refractivity contribution in [1.29, 1.82) is 0 Å². The van der Waals surface area contributed by atoms with Crippen molar-refractivity contribution < 1.29 is 14.4 Å². The van der Waals surface area contributed by atoms with Gasteiger partial charge in [-0.05, 0) is 19.3 Å². The SMILES string of the molecule is COC1(c2noc([C@@H]3CC(O)CN3)n2)CCCCCC1. The van der Waals surface area contributed by atoms with Crippen LogP contribution < -0.4 is 5.32 Å². The van der Waals surface area contributed by atoms with Gasteiger partial charge in [-0.25, -0.2) is 0 Å². The zero-order chi connectivity index (χ0) is 14.0. The molecule has 2 fully saturated rings. The number of β-amino-alcohol motifs (C(OH)–C–C–N with tert-alkyl or cyclic N) is 1. The van der Waals surface area contributed by atoms with Crippen molar-refractivity contribution in [2.24, 2.45) is 0 Å². The minimum atomic E-state index is -0.393. The second kappa shape index (κ2) is 5.79. The summed E-state index contributed by atoms with van der Waals surface area (Å²) in [5.74, 6) is 1.23. The van der Waals surface area contributed by atoms with Gasteiger partial charge < -0.3 is 19.7 Å². The van der Waals surface area contributed by atoms with E-state index < -0.39 is 5.60 Å². The molecular formula is C14H23N3O3. The van der Waals surface area contributed by atoms with E-state index in [2.05, 4.69) is 15.5 Å². The first-order valence-electron chi connectivity index (χ1n) is 7.54. The third-order valence-corrected chi connectivity index (χ3v) is 4.56. The average Bonchev–Trinajstić information content (AvgIpc) is 3.03. The Hall–Kier alpha value is -0.980. The topological polar surface area (TPSA) is 80.4 Å². The Bertz CT molecular complexity index is 441. The molecule has 1 saturated carbocycles. The van der Waals surface area contributed by atoms with Crippen LogP contribution in [0.25, 0.3) is 0 Å². The second-order valence-electron chi connectivity index (χ2n) is 5.92. The highest BCUT2D eigenvalue weighted by Crippen LogP contribution is 2.38. The predicted molar refractivity (Wildman–Crippen MR) is 72.1 cm³/mol. The minimum Gasteiger partial charge on any atom is -0.392 e. The molecule has 2 N–H and O–H groups in total. The molecule has 1 unspecified atom stereocenters. The molecule has 2 aliphatic rings. The number of aliphatic hydroxyl groups is 1. The smallest absolute Gasteiger partial charge is 0.243 e. The predicted octanol–water partition coefficient (Wildman–Crippen LogP) is 1.66. The molecule has 1 aliphatic heterocycles. The van der Waals surface area contributed by atoms with Crippen molar-refractivity contribution in [3.8, 4) is 0 Å². The van der Waals surface area contributed by atoms with Gasteiger partial charge in [0.05, 0.1) is 12.1 Å². The quantitative estimate of drug-likeness (QED) is 0.820. The van der Waals surface area contributed by atoms with E-state index in [4.69, 9.17) is 9.26 Å². The van der Waals surface area contributed by atoms with Crippen LogP contribution in [0.1, 0.15) is 62.7 Å². The van der Waals surface area contributed by atoms with E-state index in [0.717, 1.165) is 25.7 Å². The zero-order valence-electron chi connectivity index (χ0n) is 12.0. The Kier molecular flexibility index (Phi) is 4.05. The number of aromatic nitrogens is 2. The number of hydrogen-bond donors (Lipinski definition) is 2.